The lowest BCUT2D eigenvalue weighted by atomic mass is 9.88. The van der Waals surface area contributed by atoms with Crippen LogP contribution in [0.1, 0.15) is 33.9 Å². The molecular weight excluding hydrogens is 381 g/mol. The van der Waals surface area contributed by atoms with Crippen molar-refractivity contribution < 1.29 is 19.0 Å². The smallest absolute Gasteiger partial charge is 0.256 e. The minimum absolute atomic E-state index is 0.0781. The molecule has 1 aromatic carbocycles. The monoisotopic (exact) mass is 405 g/mol. The van der Waals surface area contributed by atoms with Gasteiger partial charge >= 0.3 is 0 Å². The number of amides is 1. The maximum atomic E-state index is 13.9. The van der Waals surface area contributed by atoms with Crippen molar-refractivity contribution in [3.8, 4) is 0 Å². The van der Waals surface area contributed by atoms with Gasteiger partial charge < -0.3 is 14.7 Å². The zero-order chi connectivity index (χ0) is 19.6. The summed E-state index contributed by atoms with van der Waals surface area (Å²) in [5, 5.41) is 14.0. The van der Waals surface area contributed by atoms with Gasteiger partial charge in [-0.1, -0.05) is 12.1 Å². The number of thiazole rings is 1. The number of aliphatic hydroxyl groups is 1. The standard InChI is InChI=1S/C20H24FN3O3S/c21-16-4-2-1-3-15(16)19(25)24-7-5-20(26,6-8-24)17-14-28-18(22-17)13-23-9-11-27-12-10-23/h1-4,14,26H,5-13H2. The fourth-order valence-corrected chi connectivity index (χ4v) is 4.62. The van der Waals surface area contributed by atoms with Gasteiger partial charge in [-0.25, -0.2) is 9.37 Å². The van der Waals surface area contributed by atoms with Crippen LogP contribution in [0.25, 0.3) is 0 Å². The lowest BCUT2D eigenvalue weighted by Gasteiger charge is -2.37. The first-order chi connectivity index (χ1) is 13.5. The highest BCUT2D eigenvalue weighted by Crippen LogP contribution is 2.34. The molecular formula is C20H24FN3O3S. The molecule has 1 N–H and O–H groups in total. The highest BCUT2D eigenvalue weighted by molar-refractivity contribution is 7.09. The van der Waals surface area contributed by atoms with Crippen LogP contribution in [-0.2, 0) is 16.9 Å². The molecule has 0 unspecified atom stereocenters. The molecule has 2 aromatic rings. The number of benzene rings is 1. The van der Waals surface area contributed by atoms with Gasteiger partial charge in [0, 0.05) is 31.6 Å². The molecule has 150 valence electrons. The lowest BCUT2D eigenvalue weighted by molar-refractivity contribution is -0.0243. The highest BCUT2D eigenvalue weighted by atomic mass is 32.1. The number of ether oxygens (including phenoxy) is 1. The number of carbonyl (C=O) groups is 1. The van der Waals surface area contributed by atoms with Crippen molar-refractivity contribution in [2.24, 2.45) is 0 Å². The Morgan fingerprint density at radius 3 is 2.64 bits per heavy atom. The van der Waals surface area contributed by atoms with Crippen molar-refractivity contribution >= 4 is 17.2 Å². The van der Waals surface area contributed by atoms with E-state index in [0.717, 1.165) is 37.9 Å². The Balaban J connectivity index is 1.38. The molecule has 8 heteroatoms. The van der Waals surface area contributed by atoms with Crippen molar-refractivity contribution in [3.63, 3.8) is 0 Å². The zero-order valence-corrected chi connectivity index (χ0v) is 16.5. The van der Waals surface area contributed by atoms with Gasteiger partial charge in [-0.3, -0.25) is 9.69 Å². The van der Waals surface area contributed by atoms with Crippen LogP contribution in [0, 0.1) is 5.82 Å². The van der Waals surface area contributed by atoms with Crippen LogP contribution in [0.2, 0.25) is 0 Å². The summed E-state index contributed by atoms with van der Waals surface area (Å²) in [6, 6.07) is 6.01. The molecule has 1 amide bonds. The van der Waals surface area contributed by atoms with Crippen LogP contribution in [0.5, 0.6) is 0 Å². The summed E-state index contributed by atoms with van der Waals surface area (Å²) in [6.45, 7) is 4.79. The predicted molar refractivity (Wildman–Crippen MR) is 104 cm³/mol. The Bertz CT molecular complexity index is 830. The van der Waals surface area contributed by atoms with Crippen LogP contribution in [0.3, 0.4) is 0 Å². The molecule has 2 fully saturated rings. The minimum Gasteiger partial charge on any atom is -0.383 e. The Hall–Kier alpha value is -1.87. The van der Waals surface area contributed by atoms with Gasteiger partial charge in [0.25, 0.3) is 5.91 Å². The molecule has 0 bridgehead atoms. The number of piperidine rings is 1. The summed E-state index contributed by atoms with van der Waals surface area (Å²) in [6.07, 6.45) is 0.793. The fourth-order valence-electron chi connectivity index (χ4n) is 3.69. The molecule has 2 aliphatic rings. The van der Waals surface area contributed by atoms with E-state index in [0.29, 0.717) is 31.6 Å². The highest BCUT2D eigenvalue weighted by Gasteiger charge is 2.38. The molecule has 3 heterocycles. The van der Waals surface area contributed by atoms with E-state index < -0.39 is 11.4 Å². The Morgan fingerprint density at radius 2 is 1.93 bits per heavy atom. The average molecular weight is 405 g/mol. The first-order valence-corrected chi connectivity index (χ1v) is 10.4. The number of aromatic nitrogens is 1. The molecule has 0 atom stereocenters. The van der Waals surface area contributed by atoms with Gasteiger partial charge in [0.2, 0.25) is 0 Å². The second kappa shape index (κ2) is 8.24. The van der Waals surface area contributed by atoms with Crippen molar-refractivity contribution in [1.29, 1.82) is 0 Å². The number of hydrogen-bond donors (Lipinski definition) is 1. The van der Waals surface area contributed by atoms with Crippen LogP contribution >= 0.6 is 11.3 Å². The number of halogens is 1. The van der Waals surface area contributed by atoms with Crippen molar-refractivity contribution in [2.75, 3.05) is 39.4 Å². The van der Waals surface area contributed by atoms with E-state index in [1.807, 2.05) is 5.38 Å². The maximum Gasteiger partial charge on any atom is 0.256 e. The molecule has 0 saturated carbocycles. The normalized spacial score (nSPS) is 20.3. The van der Waals surface area contributed by atoms with Crippen LogP contribution in [0.4, 0.5) is 4.39 Å². The van der Waals surface area contributed by atoms with Crippen molar-refractivity contribution in [3.05, 3.63) is 51.7 Å². The summed E-state index contributed by atoms with van der Waals surface area (Å²) < 4.78 is 19.3. The number of rotatable bonds is 4. The largest absolute Gasteiger partial charge is 0.383 e. The summed E-state index contributed by atoms with van der Waals surface area (Å²) in [4.78, 5) is 21.1. The summed E-state index contributed by atoms with van der Waals surface area (Å²) >= 11 is 1.56. The molecule has 6 nitrogen and oxygen atoms in total. The van der Waals surface area contributed by atoms with E-state index >= 15 is 0 Å². The van der Waals surface area contributed by atoms with E-state index in [-0.39, 0.29) is 11.5 Å². The molecule has 2 aliphatic heterocycles. The second-order valence-corrected chi connectivity index (χ2v) is 8.26. The molecule has 0 spiro atoms. The van der Waals surface area contributed by atoms with Gasteiger partial charge in [-0.15, -0.1) is 11.3 Å². The predicted octanol–water partition coefficient (Wildman–Crippen LogP) is 2.24. The SMILES string of the molecule is O=C(c1ccccc1F)N1CCC(O)(c2csc(CN3CCOCC3)n2)CC1. The number of nitrogens with zero attached hydrogens (tertiary/aromatic N) is 3. The van der Waals surface area contributed by atoms with E-state index in [4.69, 9.17) is 4.74 Å². The Labute approximate surface area is 167 Å². The third-order valence-electron chi connectivity index (χ3n) is 5.47. The van der Waals surface area contributed by atoms with Crippen molar-refractivity contribution in [1.82, 2.24) is 14.8 Å². The van der Waals surface area contributed by atoms with Gasteiger partial charge in [0.1, 0.15) is 16.4 Å². The minimum atomic E-state index is -1.04. The van der Waals surface area contributed by atoms with Crippen LogP contribution < -0.4 is 0 Å². The molecule has 1 aromatic heterocycles. The summed E-state index contributed by atoms with van der Waals surface area (Å²) in [5.74, 6) is -0.841. The van der Waals surface area contributed by atoms with E-state index in [2.05, 4.69) is 9.88 Å². The third-order valence-corrected chi connectivity index (χ3v) is 6.31. The van der Waals surface area contributed by atoms with Gasteiger partial charge in [0.05, 0.1) is 31.0 Å². The quantitative estimate of drug-likeness (QED) is 0.845. The molecule has 28 heavy (non-hydrogen) atoms. The average Bonchev–Trinajstić information content (AvgIpc) is 3.19. The van der Waals surface area contributed by atoms with E-state index in [1.165, 1.54) is 12.1 Å². The lowest BCUT2D eigenvalue weighted by Crippen LogP contribution is -2.45. The van der Waals surface area contributed by atoms with Gasteiger partial charge in [0.15, 0.2) is 0 Å². The van der Waals surface area contributed by atoms with Crippen LogP contribution in [-0.4, -0.2) is 65.2 Å². The van der Waals surface area contributed by atoms with Crippen molar-refractivity contribution in [2.45, 2.75) is 25.0 Å². The Morgan fingerprint density at radius 1 is 1.21 bits per heavy atom. The molecule has 0 aliphatic carbocycles. The zero-order valence-electron chi connectivity index (χ0n) is 15.6. The number of likely N-dealkylation sites (tertiary alicyclic amines) is 1. The summed E-state index contributed by atoms with van der Waals surface area (Å²) in [7, 11) is 0. The number of hydrogen-bond acceptors (Lipinski definition) is 6. The topological polar surface area (TPSA) is 65.9 Å². The Kier molecular flexibility index (Phi) is 5.73. The van der Waals surface area contributed by atoms with Gasteiger partial charge in [-0.2, -0.15) is 0 Å². The molecule has 0 radical (unpaired) electrons. The van der Waals surface area contributed by atoms with E-state index in [9.17, 15) is 14.3 Å². The molecule has 2 saturated heterocycles. The first kappa shape index (κ1) is 19.4. The first-order valence-electron chi connectivity index (χ1n) is 9.56. The van der Waals surface area contributed by atoms with E-state index in [1.54, 1.807) is 28.4 Å². The van der Waals surface area contributed by atoms with Crippen LogP contribution in [0.15, 0.2) is 29.6 Å². The number of carbonyl (C=O) groups excluding carboxylic acids is 1. The number of morpholine rings is 1. The maximum absolute atomic E-state index is 13.9. The third kappa shape index (κ3) is 4.10. The second-order valence-electron chi connectivity index (χ2n) is 7.32. The van der Waals surface area contributed by atoms with Gasteiger partial charge in [-0.05, 0) is 25.0 Å². The fraction of sp³-hybridized carbons (Fsp3) is 0.500. The molecule has 4 rings (SSSR count). The summed E-state index contributed by atoms with van der Waals surface area (Å²) in [5.41, 5.74) is -0.278.